The van der Waals surface area contributed by atoms with Gasteiger partial charge in [0.25, 0.3) is 0 Å². The lowest BCUT2D eigenvalue weighted by atomic mass is 10.0. The average molecular weight is 294 g/mol. The molecule has 1 aromatic carbocycles. The second kappa shape index (κ2) is 6.80. The molecule has 2 rings (SSSR count). The summed E-state index contributed by atoms with van der Waals surface area (Å²) in [5, 5.41) is 9.41. The van der Waals surface area contributed by atoms with Crippen molar-refractivity contribution in [2.45, 2.75) is 26.2 Å². The van der Waals surface area contributed by atoms with Crippen LogP contribution in [0, 0.1) is 5.92 Å². The Morgan fingerprint density at radius 3 is 3.05 bits per heavy atom. The topological polar surface area (TPSA) is 40.5 Å². The van der Waals surface area contributed by atoms with Crippen molar-refractivity contribution in [3.63, 3.8) is 0 Å². The van der Waals surface area contributed by atoms with E-state index in [-0.39, 0.29) is 0 Å². The Labute approximate surface area is 124 Å². The smallest absolute Gasteiger partial charge is 0.328 e. The molecule has 3 nitrogen and oxygen atoms in total. The predicted octanol–water partition coefficient (Wildman–Crippen LogP) is 4.06. The highest BCUT2D eigenvalue weighted by atomic mass is 35.5. The van der Waals surface area contributed by atoms with E-state index in [0.29, 0.717) is 5.02 Å². The molecule has 0 aromatic heterocycles. The van der Waals surface area contributed by atoms with Crippen molar-refractivity contribution in [2.75, 3.05) is 18.0 Å². The molecule has 0 spiro atoms. The van der Waals surface area contributed by atoms with Gasteiger partial charge in [0, 0.05) is 29.9 Å². The minimum Gasteiger partial charge on any atom is -0.478 e. The maximum Gasteiger partial charge on any atom is 0.328 e. The summed E-state index contributed by atoms with van der Waals surface area (Å²) in [6.07, 6.45) is 6.46. The second-order valence-electron chi connectivity index (χ2n) is 5.26. The highest BCUT2D eigenvalue weighted by Crippen LogP contribution is 2.31. The number of halogens is 1. The summed E-state index contributed by atoms with van der Waals surface area (Å²) in [5.41, 5.74) is 1.95. The molecule has 1 fully saturated rings. The van der Waals surface area contributed by atoms with Crippen LogP contribution in [0.5, 0.6) is 0 Å². The first-order valence-electron chi connectivity index (χ1n) is 7.05. The van der Waals surface area contributed by atoms with Crippen LogP contribution in [-0.4, -0.2) is 24.2 Å². The Kier molecular flexibility index (Phi) is 5.07. The Balaban J connectivity index is 2.21. The molecule has 20 heavy (non-hydrogen) atoms. The molecule has 1 unspecified atom stereocenters. The highest BCUT2D eigenvalue weighted by molar-refractivity contribution is 6.30. The molecule has 0 bridgehead atoms. The maximum absolute atomic E-state index is 10.7. The minimum atomic E-state index is -0.943. The van der Waals surface area contributed by atoms with Crippen molar-refractivity contribution in [3.05, 3.63) is 34.9 Å². The van der Waals surface area contributed by atoms with Gasteiger partial charge >= 0.3 is 5.97 Å². The molecule has 0 aliphatic carbocycles. The van der Waals surface area contributed by atoms with Crippen LogP contribution in [-0.2, 0) is 4.79 Å². The molecule has 0 amide bonds. The molecule has 1 N–H and O–H groups in total. The number of anilines is 1. The number of hydrogen-bond donors (Lipinski definition) is 1. The van der Waals surface area contributed by atoms with E-state index >= 15 is 0 Å². The fourth-order valence-electron chi connectivity index (χ4n) is 2.80. The Bertz CT molecular complexity index is 513. The molecule has 1 aliphatic heterocycles. The Hall–Kier alpha value is -1.48. The first kappa shape index (κ1) is 14.9. The van der Waals surface area contributed by atoms with Gasteiger partial charge in [0.15, 0.2) is 0 Å². The SMILES string of the molecule is CCCC1CCN(c2ccc(Cl)cc2/C=C/C(=O)O)C1. The lowest BCUT2D eigenvalue weighted by molar-refractivity contribution is -0.131. The summed E-state index contributed by atoms with van der Waals surface area (Å²) in [7, 11) is 0. The number of carboxylic acids is 1. The van der Waals surface area contributed by atoms with Gasteiger partial charge in [-0.15, -0.1) is 0 Å². The van der Waals surface area contributed by atoms with Gasteiger partial charge in [-0.1, -0.05) is 24.9 Å². The fourth-order valence-corrected chi connectivity index (χ4v) is 2.98. The molecular weight excluding hydrogens is 274 g/mol. The van der Waals surface area contributed by atoms with Crippen LogP contribution in [0.3, 0.4) is 0 Å². The van der Waals surface area contributed by atoms with E-state index in [0.717, 1.165) is 36.3 Å². The van der Waals surface area contributed by atoms with Gasteiger partial charge in [-0.2, -0.15) is 0 Å². The van der Waals surface area contributed by atoms with Gasteiger partial charge in [0.1, 0.15) is 0 Å². The maximum atomic E-state index is 10.7. The fraction of sp³-hybridized carbons (Fsp3) is 0.438. The lowest BCUT2D eigenvalue weighted by Crippen LogP contribution is -2.20. The number of carbonyl (C=O) groups is 1. The lowest BCUT2D eigenvalue weighted by Gasteiger charge is -2.21. The number of rotatable bonds is 5. The van der Waals surface area contributed by atoms with Crippen LogP contribution in [0.1, 0.15) is 31.7 Å². The molecule has 108 valence electrons. The molecule has 1 heterocycles. The van der Waals surface area contributed by atoms with Crippen molar-refractivity contribution in [3.8, 4) is 0 Å². The Morgan fingerprint density at radius 2 is 2.35 bits per heavy atom. The summed E-state index contributed by atoms with van der Waals surface area (Å²) < 4.78 is 0. The van der Waals surface area contributed by atoms with Crippen molar-refractivity contribution >= 4 is 29.3 Å². The van der Waals surface area contributed by atoms with E-state index in [2.05, 4.69) is 11.8 Å². The van der Waals surface area contributed by atoms with Crippen molar-refractivity contribution in [2.24, 2.45) is 5.92 Å². The standard InChI is InChI=1S/C16H20ClNO2/c1-2-3-12-8-9-18(11-12)15-6-5-14(17)10-13(15)4-7-16(19)20/h4-7,10,12H,2-3,8-9,11H2,1H3,(H,19,20)/b7-4+. The van der Waals surface area contributed by atoms with Crippen molar-refractivity contribution in [1.29, 1.82) is 0 Å². The zero-order chi connectivity index (χ0) is 14.5. The average Bonchev–Trinajstić information content (AvgIpc) is 2.85. The van der Waals surface area contributed by atoms with Gasteiger partial charge in [0.2, 0.25) is 0 Å². The third-order valence-electron chi connectivity index (χ3n) is 3.72. The monoisotopic (exact) mass is 293 g/mol. The number of carboxylic acid groups (broad SMARTS) is 1. The summed E-state index contributed by atoms with van der Waals surface area (Å²) in [6, 6.07) is 5.67. The molecule has 4 heteroatoms. The van der Waals surface area contributed by atoms with Gasteiger partial charge in [-0.25, -0.2) is 4.79 Å². The molecular formula is C16H20ClNO2. The summed E-state index contributed by atoms with van der Waals surface area (Å²) in [4.78, 5) is 13.0. The third kappa shape index (κ3) is 3.76. The van der Waals surface area contributed by atoms with Gasteiger partial charge < -0.3 is 10.0 Å². The Morgan fingerprint density at radius 1 is 1.55 bits per heavy atom. The third-order valence-corrected chi connectivity index (χ3v) is 3.95. The largest absolute Gasteiger partial charge is 0.478 e. The molecule has 1 aliphatic rings. The molecule has 1 atom stereocenters. The molecule has 1 saturated heterocycles. The zero-order valence-electron chi connectivity index (χ0n) is 11.7. The number of nitrogens with zero attached hydrogens (tertiary/aromatic N) is 1. The van der Waals surface area contributed by atoms with E-state index in [1.807, 2.05) is 18.2 Å². The van der Waals surface area contributed by atoms with E-state index in [9.17, 15) is 4.79 Å². The number of hydrogen-bond acceptors (Lipinski definition) is 2. The number of benzene rings is 1. The summed E-state index contributed by atoms with van der Waals surface area (Å²) in [6.45, 7) is 4.29. The van der Waals surface area contributed by atoms with Crippen molar-refractivity contribution < 1.29 is 9.90 Å². The van der Waals surface area contributed by atoms with Gasteiger partial charge in [-0.3, -0.25) is 0 Å². The van der Waals surface area contributed by atoms with Crippen LogP contribution in [0.4, 0.5) is 5.69 Å². The molecule has 0 radical (unpaired) electrons. The second-order valence-corrected chi connectivity index (χ2v) is 5.70. The highest BCUT2D eigenvalue weighted by Gasteiger charge is 2.23. The molecule has 0 saturated carbocycles. The zero-order valence-corrected chi connectivity index (χ0v) is 12.4. The van der Waals surface area contributed by atoms with Crippen LogP contribution in [0.2, 0.25) is 5.02 Å². The van der Waals surface area contributed by atoms with Gasteiger partial charge in [-0.05, 0) is 48.6 Å². The van der Waals surface area contributed by atoms with Crippen LogP contribution in [0.25, 0.3) is 6.08 Å². The predicted molar refractivity (Wildman–Crippen MR) is 83.3 cm³/mol. The van der Waals surface area contributed by atoms with Crippen molar-refractivity contribution in [1.82, 2.24) is 0 Å². The van der Waals surface area contributed by atoms with Gasteiger partial charge in [0.05, 0.1) is 0 Å². The van der Waals surface area contributed by atoms with E-state index in [1.165, 1.54) is 19.3 Å². The first-order valence-corrected chi connectivity index (χ1v) is 7.43. The van der Waals surface area contributed by atoms with E-state index < -0.39 is 5.97 Å². The first-order chi connectivity index (χ1) is 9.60. The summed E-state index contributed by atoms with van der Waals surface area (Å²) in [5.74, 6) is -0.201. The van der Waals surface area contributed by atoms with E-state index in [4.69, 9.17) is 16.7 Å². The van der Waals surface area contributed by atoms with Crippen LogP contribution >= 0.6 is 11.6 Å². The molecule has 1 aromatic rings. The van der Waals surface area contributed by atoms with E-state index in [1.54, 1.807) is 6.08 Å². The quantitative estimate of drug-likeness (QED) is 0.832. The normalized spacial score (nSPS) is 18.9. The minimum absolute atomic E-state index is 0.628. The van der Waals surface area contributed by atoms with Crippen LogP contribution in [0.15, 0.2) is 24.3 Å². The number of aliphatic carboxylic acids is 1. The summed E-state index contributed by atoms with van der Waals surface area (Å²) >= 11 is 6.02. The van der Waals surface area contributed by atoms with Crippen LogP contribution < -0.4 is 4.90 Å².